The van der Waals surface area contributed by atoms with Gasteiger partial charge in [-0.3, -0.25) is 19.5 Å². The highest BCUT2D eigenvalue weighted by Gasteiger charge is 2.32. The van der Waals surface area contributed by atoms with Crippen LogP contribution >= 0.6 is 11.3 Å². The zero-order chi connectivity index (χ0) is 28.1. The number of thiazole rings is 1. The van der Waals surface area contributed by atoms with Gasteiger partial charge in [0.25, 0.3) is 11.2 Å². The van der Waals surface area contributed by atoms with Crippen LogP contribution in [0, 0.1) is 10.1 Å². The molecule has 0 N–H and O–H groups in total. The minimum Gasteiger partial charge on any atom is -0.497 e. The third-order valence-electron chi connectivity index (χ3n) is 7.57. The van der Waals surface area contributed by atoms with E-state index in [-0.39, 0.29) is 17.3 Å². The molecule has 0 fully saturated rings. The number of benzene rings is 3. The van der Waals surface area contributed by atoms with E-state index >= 15 is 0 Å². The van der Waals surface area contributed by atoms with Crippen molar-refractivity contribution < 1.29 is 14.1 Å². The Morgan fingerprint density at radius 3 is 2.54 bits per heavy atom. The van der Waals surface area contributed by atoms with Gasteiger partial charge < -0.3 is 9.15 Å². The minimum atomic E-state index is -0.436. The van der Waals surface area contributed by atoms with Crippen LogP contribution in [0.25, 0.3) is 23.1 Å². The molecule has 5 aromatic rings. The molecule has 3 aromatic carbocycles. The molecule has 2 aromatic heterocycles. The summed E-state index contributed by atoms with van der Waals surface area (Å²) in [5.74, 6) is 1.54. The fraction of sp³-hybridized carbons (Fsp3) is 0.125. The van der Waals surface area contributed by atoms with E-state index in [9.17, 15) is 14.9 Å². The summed E-state index contributed by atoms with van der Waals surface area (Å²) in [4.78, 5) is 30.7. The van der Waals surface area contributed by atoms with Crippen LogP contribution in [0.4, 0.5) is 5.69 Å². The lowest BCUT2D eigenvalue weighted by atomic mass is 9.83. The Morgan fingerprint density at radius 2 is 1.76 bits per heavy atom. The smallest absolute Gasteiger partial charge is 0.280 e. The van der Waals surface area contributed by atoms with Crippen molar-refractivity contribution >= 4 is 28.8 Å². The molecule has 0 unspecified atom stereocenters. The molecule has 7 rings (SSSR count). The number of allylic oxidation sites excluding steroid dienone is 1. The molecule has 3 heterocycles. The van der Waals surface area contributed by atoms with Crippen LogP contribution in [-0.2, 0) is 6.42 Å². The van der Waals surface area contributed by atoms with Gasteiger partial charge in [-0.1, -0.05) is 59.9 Å². The second-order valence-electron chi connectivity index (χ2n) is 9.86. The predicted octanol–water partition coefficient (Wildman–Crippen LogP) is 5.50. The number of aromatic nitrogens is 1. The van der Waals surface area contributed by atoms with Crippen LogP contribution in [0.5, 0.6) is 5.75 Å². The lowest BCUT2D eigenvalue weighted by Gasteiger charge is -2.30. The molecule has 9 heteroatoms. The van der Waals surface area contributed by atoms with Gasteiger partial charge in [-0.15, -0.1) is 0 Å². The Kier molecular flexibility index (Phi) is 6.01. The average molecular weight is 562 g/mol. The number of nitro groups is 1. The first-order chi connectivity index (χ1) is 20.0. The number of hydrogen-bond acceptors (Lipinski definition) is 7. The summed E-state index contributed by atoms with van der Waals surface area (Å²) < 4.78 is 13.6. The number of fused-ring (bicyclic) bond motifs is 3. The van der Waals surface area contributed by atoms with E-state index in [4.69, 9.17) is 14.1 Å². The van der Waals surface area contributed by atoms with E-state index in [1.165, 1.54) is 23.0 Å². The third-order valence-corrected chi connectivity index (χ3v) is 8.55. The zero-order valence-electron chi connectivity index (χ0n) is 21.9. The number of nitrogens with zero attached hydrogens (tertiary/aromatic N) is 3. The van der Waals surface area contributed by atoms with Gasteiger partial charge in [0.15, 0.2) is 4.80 Å². The summed E-state index contributed by atoms with van der Waals surface area (Å²) in [6, 6.07) is 25.6. The molecule has 2 aliphatic rings. The summed E-state index contributed by atoms with van der Waals surface area (Å²) in [7, 11) is 1.63. The maximum Gasteiger partial charge on any atom is 0.280 e. The van der Waals surface area contributed by atoms with Crippen LogP contribution < -0.4 is 19.6 Å². The monoisotopic (exact) mass is 561 g/mol. The summed E-state index contributed by atoms with van der Waals surface area (Å²) in [5, 5.41) is 11.5. The lowest BCUT2D eigenvalue weighted by molar-refractivity contribution is -0.384. The summed E-state index contributed by atoms with van der Waals surface area (Å²) >= 11 is 1.31. The molecule has 0 saturated heterocycles. The van der Waals surface area contributed by atoms with E-state index < -0.39 is 4.92 Å². The average Bonchev–Trinajstić information content (AvgIpc) is 3.60. The topological polar surface area (TPSA) is 99.9 Å². The normalized spacial score (nSPS) is 16.0. The minimum absolute atomic E-state index is 0.0434. The van der Waals surface area contributed by atoms with Crippen molar-refractivity contribution in [1.29, 1.82) is 0 Å². The van der Waals surface area contributed by atoms with Gasteiger partial charge in [0.05, 0.1) is 33.9 Å². The van der Waals surface area contributed by atoms with Gasteiger partial charge in [0.1, 0.15) is 17.3 Å². The molecule has 1 atom stereocenters. The Labute approximate surface area is 238 Å². The van der Waals surface area contributed by atoms with E-state index in [1.54, 1.807) is 48.1 Å². The van der Waals surface area contributed by atoms with E-state index in [0.29, 0.717) is 26.4 Å². The molecule has 8 nitrogen and oxygen atoms in total. The number of nitro benzene ring substituents is 1. The van der Waals surface area contributed by atoms with Crippen LogP contribution in [-0.4, -0.2) is 16.6 Å². The molecule has 0 spiro atoms. The summed E-state index contributed by atoms with van der Waals surface area (Å²) in [6.07, 6.45) is 3.36. The standard InChI is InChI=1S/C32H23N3O5S/c1-39-21-13-10-20(11-14-21)30-25-16-12-19-6-2-3-7-23(19)29(25)33-32-34(30)31(36)28(41-32)18-22-15-17-27(40-22)24-8-4-5-9-26(24)35(37)38/h2-11,13-15,17-18,30H,12,16H2,1H3/b28-18-/t30-/m1/s1. The number of furan rings is 1. The largest absolute Gasteiger partial charge is 0.497 e. The molecule has 202 valence electrons. The lowest BCUT2D eigenvalue weighted by Crippen LogP contribution is -2.38. The maximum absolute atomic E-state index is 14.0. The van der Waals surface area contributed by atoms with Crippen molar-refractivity contribution in [2.45, 2.75) is 18.9 Å². The van der Waals surface area contributed by atoms with Crippen molar-refractivity contribution in [2.24, 2.45) is 4.99 Å². The quantitative estimate of drug-likeness (QED) is 0.209. The fourth-order valence-corrected chi connectivity index (χ4v) is 6.64. The first-order valence-electron chi connectivity index (χ1n) is 13.1. The molecule has 1 aliphatic carbocycles. The van der Waals surface area contributed by atoms with Gasteiger partial charge in [0, 0.05) is 17.7 Å². The van der Waals surface area contributed by atoms with Crippen molar-refractivity contribution in [2.75, 3.05) is 7.11 Å². The first-order valence-corrected chi connectivity index (χ1v) is 13.9. The SMILES string of the molecule is COc1ccc([C@@H]2C3=C(N=c4s/c(=C\c5ccc(-c6ccccc6[N+](=O)[O-])o5)c(=O)n42)c2ccccc2CC3)cc1. The Hall–Kier alpha value is -5.02. The van der Waals surface area contributed by atoms with Crippen molar-refractivity contribution in [1.82, 2.24) is 4.57 Å². The third kappa shape index (κ3) is 4.22. The molecule has 0 radical (unpaired) electrons. The zero-order valence-corrected chi connectivity index (χ0v) is 22.8. The number of methoxy groups -OCH3 is 1. The second kappa shape index (κ2) is 9.87. The summed E-state index contributed by atoms with van der Waals surface area (Å²) in [5.41, 5.74) is 5.55. The molecule has 0 bridgehead atoms. The Balaban J connectivity index is 1.39. The number of para-hydroxylation sites is 1. The van der Waals surface area contributed by atoms with Gasteiger partial charge in [0.2, 0.25) is 0 Å². The highest BCUT2D eigenvalue weighted by molar-refractivity contribution is 7.07. The molecule has 0 saturated carbocycles. The second-order valence-corrected chi connectivity index (χ2v) is 10.9. The molecular formula is C32H23N3O5S. The number of hydrogen-bond donors (Lipinski definition) is 0. The van der Waals surface area contributed by atoms with E-state index in [0.717, 1.165) is 41.0 Å². The van der Waals surface area contributed by atoms with Gasteiger partial charge in [-0.05, 0) is 59.9 Å². The Bertz CT molecular complexity index is 2050. The van der Waals surface area contributed by atoms with Crippen LogP contribution in [0.2, 0.25) is 0 Å². The van der Waals surface area contributed by atoms with Crippen LogP contribution in [0.1, 0.15) is 34.9 Å². The first kappa shape index (κ1) is 25.0. The Morgan fingerprint density at radius 1 is 1.00 bits per heavy atom. The van der Waals surface area contributed by atoms with E-state index in [2.05, 4.69) is 12.1 Å². The number of aryl methyl sites for hydroxylation is 1. The number of rotatable bonds is 5. The molecule has 41 heavy (non-hydrogen) atoms. The predicted molar refractivity (Wildman–Crippen MR) is 157 cm³/mol. The van der Waals surface area contributed by atoms with Crippen molar-refractivity contribution in [3.05, 3.63) is 143 Å². The highest BCUT2D eigenvalue weighted by atomic mass is 32.1. The van der Waals surface area contributed by atoms with E-state index in [1.807, 2.05) is 36.4 Å². The molecule has 0 amide bonds. The van der Waals surface area contributed by atoms with Crippen LogP contribution in [0.3, 0.4) is 0 Å². The van der Waals surface area contributed by atoms with Gasteiger partial charge in [-0.2, -0.15) is 0 Å². The number of ether oxygens (including phenoxy) is 1. The van der Waals surface area contributed by atoms with Crippen molar-refractivity contribution in [3.8, 4) is 17.1 Å². The molecule has 1 aliphatic heterocycles. The van der Waals surface area contributed by atoms with Gasteiger partial charge >= 0.3 is 0 Å². The van der Waals surface area contributed by atoms with Crippen molar-refractivity contribution in [3.63, 3.8) is 0 Å². The summed E-state index contributed by atoms with van der Waals surface area (Å²) in [6.45, 7) is 0. The maximum atomic E-state index is 14.0. The molecular weight excluding hydrogens is 538 g/mol. The van der Waals surface area contributed by atoms with Crippen LogP contribution in [0.15, 0.2) is 105 Å². The highest BCUT2D eigenvalue weighted by Crippen LogP contribution is 2.41. The fourth-order valence-electron chi connectivity index (χ4n) is 5.65. The van der Waals surface area contributed by atoms with Gasteiger partial charge in [-0.25, -0.2) is 4.99 Å².